The van der Waals surface area contributed by atoms with Crippen LogP contribution in [-0.2, 0) is 47.3 Å². The van der Waals surface area contributed by atoms with Crippen LogP contribution in [0.4, 0.5) is 0 Å². The molecule has 4 aliphatic rings. The lowest BCUT2D eigenvalue weighted by atomic mass is 9.82. The number of cyclic esters (lactones) is 1. The molecule has 1 amide bonds. The minimum Gasteiger partial charge on any atom is -0.456 e. The highest BCUT2D eigenvalue weighted by Gasteiger charge is 2.56. The number of allylic oxidation sites excluding steroid dienone is 4. The molecule has 0 aromatic rings. The van der Waals surface area contributed by atoms with E-state index in [1.54, 1.807) is 34.3 Å². The van der Waals surface area contributed by atoms with Crippen molar-refractivity contribution in [2.24, 2.45) is 29.6 Å². The van der Waals surface area contributed by atoms with Crippen molar-refractivity contribution in [1.82, 2.24) is 4.90 Å². The fourth-order valence-electron chi connectivity index (χ4n) is 10.1. The van der Waals surface area contributed by atoms with Gasteiger partial charge in [-0.15, -0.1) is 6.58 Å². The van der Waals surface area contributed by atoms with Crippen molar-refractivity contribution in [3.05, 3.63) is 36.0 Å². The topological polar surface area (TPSA) is 147 Å². The van der Waals surface area contributed by atoms with Gasteiger partial charge in [-0.05, 0) is 126 Å². The summed E-state index contributed by atoms with van der Waals surface area (Å²) in [5.41, 5.74) is 1.92. The molecule has 13 unspecified atom stereocenters. The molecule has 2 bridgehead atoms. The van der Waals surface area contributed by atoms with Gasteiger partial charge in [-0.25, -0.2) is 4.79 Å². The number of hydrogen-bond donors (Lipinski definition) is 1. The fraction of sp³-hybridized carbons (Fsp3) is 0.800. The molecular weight excluding hydrogens is 819 g/mol. The average molecular weight is 902 g/mol. The normalized spacial score (nSPS) is 37.6. The van der Waals surface area contributed by atoms with E-state index in [9.17, 15) is 24.3 Å². The predicted octanol–water partition coefficient (Wildman–Crippen LogP) is 8.70. The lowest BCUT2D eigenvalue weighted by Gasteiger charge is -2.47. The summed E-state index contributed by atoms with van der Waals surface area (Å²) in [6, 6.07) is -1.04. The van der Waals surface area contributed by atoms with Crippen molar-refractivity contribution in [1.29, 1.82) is 0 Å². The summed E-state index contributed by atoms with van der Waals surface area (Å²) >= 11 is 0. The van der Waals surface area contributed by atoms with Gasteiger partial charge in [0.2, 0.25) is 5.79 Å². The number of amides is 1. The van der Waals surface area contributed by atoms with Gasteiger partial charge in [0.1, 0.15) is 24.0 Å². The van der Waals surface area contributed by atoms with Crippen LogP contribution in [0.15, 0.2) is 36.0 Å². The number of hydrogen-bond acceptors (Lipinski definition) is 11. The molecular formula is C50H83NO11Si. The number of carbonyl (C=O) groups is 4. The molecule has 2 saturated heterocycles. The maximum atomic E-state index is 14.5. The minimum absolute atomic E-state index is 0.00602. The summed E-state index contributed by atoms with van der Waals surface area (Å²) in [6.45, 7) is 25.1. The van der Waals surface area contributed by atoms with Crippen LogP contribution in [0.25, 0.3) is 0 Å². The number of rotatable bonds is 9. The first-order chi connectivity index (χ1) is 29.5. The van der Waals surface area contributed by atoms with E-state index in [4.69, 9.17) is 28.1 Å². The number of ether oxygens (including phenoxy) is 5. The Morgan fingerprint density at radius 3 is 2.21 bits per heavy atom. The molecule has 13 atom stereocenters. The van der Waals surface area contributed by atoms with E-state index in [2.05, 4.69) is 53.4 Å². The van der Waals surface area contributed by atoms with Gasteiger partial charge in [-0.3, -0.25) is 14.4 Å². The molecule has 0 spiro atoms. The Kier molecular flexibility index (Phi) is 19.2. The van der Waals surface area contributed by atoms with E-state index >= 15 is 0 Å². The Morgan fingerprint density at radius 2 is 1.59 bits per heavy atom. The third kappa shape index (κ3) is 13.1. The third-order valence-electron chi connectivity index (χ3n) is 15.0. The SMILES string of the molecule is C=CCC1/C=C(\C)CC(C)CC(OC)C2OC(O)(C(=O)C(=O)N3CCCCC3C(=O)OC(C(C)=CC3CCC(O[Si](C)(C)C(C)(C)C)C(OC)C3)C(C)CCC1=O)C(C)CC2OC. The second-order valence-corrected chi connectivity index (χ2v) is 25.8. The maximum absolute atomic E-state index is 14.5. The van der Waals surface area contributed by atoms with Crippen molar-refractivity contribution in [2.45, 2.75) is 199 Å². The van der Waals surface area contributed by atoms with Gasteiger partial charge < -0.3 is 38.1 Å². The zero-order chi connectivity index (χ0) is 47.0. The van der Waals surface area contributed by atoms with Crippen LogP contribution >= 0.6 is 0 Å². The molecule has 1 aliphatic carbocycles. The quantitative estimate of drug-likeness (QED) is 0.103. The molecule has 1 saturated carbocycles. The van der Waals surface area contributed by atoms with E-state index < -0.39 is 68.1 Å². The number of methoxy groups -OCH3 is 3. The lowest BCUT2D eigenvalue weighted by Crippen LogP contribution is -2.64. The number of carbonyl (C=O) groups excluding carboxylic acids is 4. The lowest BCUT2D eigenvalue weighted by molar-refractivity contribution is -0.302. The van der Waals surface area contributed by atoms with E-state index in [0.29, 0.717) is 44.9 Å². The predicted molar refractivity (Wildman–Crippen MR) is 247 cm³/mol. The molecule has 13 heteroatoms. The number of piperidine rings is 1. The molecule has 1 N–H and O–H groups in total. The Balaban J connectivity index is 1.72. The summed E-state index contributed by atoms with van der Waals surface area (Å²) in [5, 5.41) is 12.2. The second-order valence-electron chi connectivity index (χ2n) is 21.0. The summed E-state index contributed by atoms with van der Waals surface area (Å²) < 4.78 is 37.5. The van der Waals surface area contributed by atoms with Gasteiger partial charge in [-0.1, -0.05) is 65.3 Å². The molecule has 3 fully saturated rings. The zero-order valence-corrected chi connectivity index (χ0v) is 42.0. The first kappa shape index (κ1) is 53.1. The fourth-order valence-corrected chi connectivity index (χ4v) is 11.5. The number of ketones is 2. The standard InChI is InChI=1S/C50H83NO11Si/c1-15-18-37-26-31(2)25-32(3)27-42(58-11)45-43(59-12)29-35(6)50(56,61-45)46(53)47(54)51-24-17-16-19-38(51)48(55)60-44(33(4)20-22-39(37)52)34(5)28-36-21-23-40(41(30-36)57-10)62-63(13,14)49(7,8)9/h15,26,28,32-33,35-38,40-45,56H,1,16-25,27,29-30H2,2-14H3/b31-26+,34-28?. The van der Waals surface area contributed by atoms with E-state index in [1.807, 2.05) is 26.8 Å². The van der Waals surface area contributed by atoms with Crippen molar-refractivity contribution >= 4 is 31.8 Å². The van der Waals surface area contributed by atoms with Gasteiger partial charge in [0.15, 0.2) is 8.32 Å². The first-order valence-electron chi connectivity index (χ1n) is 23.7. The van der Waals surface area contributed by atoms with Gasteiger partial charge in [0, 0.05) is 46.1 Å². The maximum Gasteiger partial charge on any atom is 0.329 e. The van der Waals surface area contributed by atoms with Crippen molar-refractivity contribution in [2.75, 3.05) is 27.9 Å². The molecule has 3 heterocycles. The molecule has 3 aliphatic heterocycles. The molecule has 0 aromatic carbocycles. The van der Waals surface area contributed by atoms with Gasteiger partial charge in [0.25, 0.3) is 11.7 Å². The zero-order valence-electron chi connectivity index (χ0n) is 41.0. The Hall–Kier alpha value is -2.52. The summed E-state index contributed by atoms with van der Waals surface area (Å²) in [6.07, 6.45) is 9.93. The highest BCUT2D eigenvalue weighted by atomic mass is 28.4. The monoisotopic (exact) mass is 902 g/mol. The molecule has 0 aromatic heterocycles. The van der Waals surface area contributed by atoms with Crippen LogP contribution in [0.1, 0.15) is 132 Å². The van der Waals surface area contributed by atoms with E-state index in [0.717, 1.165) is 30.4 Å². The number of esters is 1. The second kappa shape index (κ2) is 22.8. The van der Waals surface area contributed by atoms with Crippen LogP contribution < -0.4 is 0 Å². The highest BCUT2D eigenvalue weighted by molar-refractivity contribution is 6.74. The van der Waals surface area contributed by atoms with Crippen molar-refractivity contribution in [3.8, 4) is 0 Å². The van der Waals surface area contributed by atoms with Crippen LogP contribution in [0, 0.1) is 29.6 Å². The minimum atomic E-state index is -2.47. The number of fused-ring (bicyclic) bond motifs is 3. The smallest absolute Gasteiger partial charge is 0.329 e. The van der Waals surface area contributed by atoms with E-state index in [1.165, 1.54) is 4.90 Å². The Morgan fingerprint density at radius 1 is 0.937 bits per heavy atom. The number of aliphatic hydroxyl groups is 1. The Bertz CT molecular complexity index is 1650. The van der Waals surface area contributed by atoms with Gasteiger partial charge >= 0.3 is 5.97 Å². The van der Waals surface area contributed by atoms with Crippen molar-refractivity contribution in [3.63, 3.8) is 0 Å². The summed E-state index contributed by atoms with van der Waals surface area (Å²) in [5.74, 6) is -6.28. The number of Topliss-reactive ketones (excluding diaryl/α,β-unsaturated/α-hetero) is 2. The van der Waals surface area contributed by atoms with Crippen LogP contribution in [0.2, 0.25) is 18.1 Å². The van der Waals surface area contributed by atoms with Crippen molar-refractivity contribution < 1.29 is 52.4 Å². The molecule has 4 rings (SSSR count). The first-order valence-corrected chi connectivity index (χ1v) is 26.6. The largest absolute Gasteiger partial charge is 0.456 e. The van der Waals surface area contributed by atoms with Gasteiger partial charge in [0.05, 0.1) is 24.4 Å². The summed E-state index contributed by atoms with van der Waals surface area (Å²) in [4.78, 5) is 58.5. The average Bonchev–Trinajstić information content (AvgIpc) is 3.23. The van der Waals surface area contributed by atoms with E-state index in [-0.39, 0.29) is 66.1 Å². The van der Waals surface area contributed by atoms with Gasteiger partial charge in [-0.2, -0.15) is 0 Å². The molecule has 12 nitrogen and oxygen atoms in total. The molecule has 358 valence electrons. The highest BCUT2D eigenvalue weighted by Crippen LogP contribution is 2.42. The van der Waals surface area contributed by atoms with Crippen LogP contribution in [0.3, 0.4) is 0 Å². The summed E-state index contributed by atoms with van der Waals surface area (Å²) in [7, 11) is 2.82. The Labute approximate surface area is 380 Å². The van der Waals surface area contributed by atoms with Crippen LogP contribution in [0.5, 0.6) is 0 Å². The molecule has 0 radical (unpaired) electrons. The number of nitrogens with zero attached hydrogens (tertiary/aromatic N) is 1. The van der Waals surface area contributed by atoms with Crippen LogP contribution in [-0.4, -0.2) is 118 Å². The molecule has 63 heavy (non-hydrogen) atoms. The third-order valence-corrected chi connectivity index (χ3v) is 19.5.